The van der Waals surface area contributed by atoms with Gasteiger partial charge in [-0.2, -0.15) is 0 Å². The molecule has 0 spiro atoms. The summed E-state index contributed by atoms with van der Waals surface area (Å²) in [5.41, 5.74) is -0.310. The van der Waals surface area contributed by atoms with Gasteiger partial charge in [0.2, 0.25) is 0 Å². The predicted octanol–water partition coefficient (Wildman–Crippen LogP) is 2.65. The van der Waals surface area contributed by atoms with Gasteiger partial charge in [0.25, 0.3) is 5.91 Å². The summed E-state index contributed by atoms with van der Waals surface area (Å²) >= 11 is 1.34. The molecule has 8 heteroatoms. The lowest BCUT2D eigenvalue weighted by Crippen LogP contribution is -2.16. The number of rotatable bonds is 4. The molecule has 2 aromatic rings. The lowest BCUT2D eigenvalue weighted by molar-refractivity contribution is 0.102. The van der Waals surface area contributed by atoms with Crippen LogP contribution in [0.2, 0.25) is 0 Å². The number of phenols is 1. The van der Waals surface area contributed by atoms with E-state index in [0.29, 0.717) is 11.3 Å². The number of carbonyl (C=O) groups excluding carboxylic acids is 2. The number of carbonyl (C=O) groups is 2. The highest BCUT2D eigenvalue weighted by atomic mass is 32.1. The number of nitrogens with one attached hydrogen (secondary N) is 1. The minimum atomic E-state index is -1.01. The molecule has 1 aliphatic heterocycles. The van der Waals surface area contributed by atoms with E-state index < -0.39 is 17.5 Å². The standard InChI is InChI=1S/C15H14FN3O3S/c16-11-6-9(5-10(8-20)13(11)21)14(22)18-12-7-17-15(23-12)19-3-1-2-4-19/h5-8,21H,1-4H2,(H,18,22). The Morgan fingerprint density at radius 2 is 2.13 bits per heavy atom. The van der Waals surface area contributed by atoms with Crippen LogP contribution in [0.4, 0.5) is 14.5 Å². The minimum Gasteiger partial charge on any atom is -0.504 e. The van der Waals surface area contributed by atoms with Crippen molar-refractivity contribution in [1.29, 1.82) is 0 Å². The third kappa shape index (κ3) is 3.16. The summed E-state index contributed by atoms with van der Waals surface area (Å²) in [7, 11) is 0. The quantitative estimate of drug-likeness (QED) is 0.840. The largest absolute Gasteiger partial charge is 0.504 e. The van der Waals surface area contributed by atoms with E-state index >= 15 is 0 Å². The molecule has 0 atom stereocenters. The van der Waals surface area contributed by atoms with Crippen LogP contribution in [0.15, 0.2) is 18.3 Å². The van der Waals surface area contributed by atoms with E-state index in [1.54, 1.807) is 6.20 Å². The van der Waals surface area contributed by atoms with Crippen LogP contribution in [0.5, 0.6) is 5.75 Å². The zero-order chi connectivity index (χ0) is 16.4. The summed E-state index contributed by atoms with van der Waals surface area (Å²) in [6, 6.07) is 2.03. The van der Waals surface area contributed by atoms with E-state index in [4.69, 9.17) is 0 Å². The Kier molecular flexibility index (Phi) is 4.24. The molecule has 6 nitrogen and oxygen atoms in total. The molecule has 0 aliphatic carbocycles. The molecular weight excluding hydrogens is 321 g/mol. The number of anilines is 2. The summed E-state index contributed by atoms with van der Waals surface area (Å²) < 4.78 is 13.5. The zero-order valence-corrected chi connectivity index (χ0v) is 12.9. The van der Waals surface area contributed by atoms with Gasteiger partial charge in [-0.15, -0.1) is 0 Å². The van der Waals surface area contributed by atoms with Crippen LogP contribution in [0.25, 0.3) is 0 Å². The topological polar surface area (TPSA) is 82.5 Å². The van der Waals surface area contributed by atoms with E-state index in [2.05, 4.69) is 15.2 Å². The first-order valence-corrected chi connectivity index (χ1v) is 7.90. The van der Waals surface area contributed by atoms with Gasteiger partial charge >= 0.3 is 0 Å². The van der Waals surface area contributed by atoms with Gasteiger partial charge in [-0.05, 0) is 25.0 Å². The molecule has 0 bridgehead atoms. The number of nitrogens with zero attached hydrogens (tertiary/aromatic N) is 2. The number of thiazole rings is 1. The van der Waals surface area contributed by atoms with Crippen molar-refractivity contribution in [2.24, 2.45) is 0 Å². The molecule has 1 saturated heterocycles. The van der Waals surface area contributed by atoms with E-state index in [0.717, 1.165) is 43.2 Å². The van der Waals surface area contributed by atoms with Crippen molar-refractivity contribution < 1.29 is 19.1 Å². The molecular formula is C15H14FN3O3S. The maximum atomic E-state index is 13.5. The van der Waals surface area contributed by atoms with Gasteiger partial charge in [0.1, 0.15) is 5.00 Å². The second-order valence-corrected chi connectivity index (χ2v) is 6.18. The molecule has 3 rings (SSSR count). The highest BCUT2D eigenvalue weighted by Gasteiger charge is 2.18. The van der Waals surface area contributed by atoms with Crippen LogP contribution >= 0.6 is 11.3 Å². The van der Waals surface area contributed by atoms with Gasteiger partial charge in [-0.25, -0.2) is 9.37 Å². The highest BCUT2D eigenvalue weighted by Crippen LogP contribution is 2.30. The van der Waals surface area contributed by atoms with Gasteiger partial charge in [0.15, 0.2) is 23.0 Å². The van der Waals surface area contributed by atoms with Crippen molar-refractivity contribution in [1.82, 2.24) is 4.98 Å². The first-order chi connectivity index (χ1) is 11.1. The molecule has 1 fully saturated rings. The van der Waals surface area contributed by atoms with Crippen LogP contribution in [0.3, 0.4) is 0 Å². The lowest BCUT2D eigenvalue weighted by Gasteiger charge is -2.12. The Morgan fingerprint density at radius 3 is 2.83 bits per heavy atom. The predicted molar refractivity (Wildman–Crippen MR) is 85.0 cm³/mol. The molecule has 23 heavy (non-hydrogen) atoms. The molecule has 0 saturated carbocycles. The summed E-state index contributed by atoms with van der Waals surface area (Å²) in [6.45, 7) is 1.90. The zero-order valence-electron chi connectivity index (χ0n) is 12.1. The number of benzene rings is 1. The van der Waals surface area contributed by atoms with E-state index in [9.17, 15) is 19.1 Å². The molecule has 1 aromatic heterocycles. The second kappa shape index (κ2) is 6.33. The molecule has 1 amide bonds. The number of hydrogen-bond donors (Lipinski definition) is 2. The molecule has 0 radical (unpaired) electrons. The fraction of sp³-hybridized carbons (Fsp3) is 0.267. The lowest BCUT2D eigenvalue weighted by atomic mass is 10.1. The van der Waals surface area contributed by atoms with Crippen LogP contribution in [0, 0.1) is 5.82 Å². The monoisotopic (exact) mass is 335 g/mol. The summed E-state index contributed by atoms with van der Waals surface area (Å²) in [5, 5.41) is 13.4. The maximum absolute atomic E-state index is 13.5. The van der Waals surface area contributed by atoms with Gasteiger partial charge in [-0.3, -0.25) is 9.59 Å². The Hall–Kier alpha value is -2.48. The third-order valence-corrected chi connectivity index (χ3v) is 4.56. The van der Waals surface area contributed by atoms with E-state index in [1.807, 2.05) is 0 Å². The molecule has 0 unspecified atom stereocenters. The number of aldehydes is 1. The Labute approximate surface area is 135 Å². The van der Waals surface area contributed by atoms with Crippen LogP contribution < -0.4 is 10.2 Å². The van der Waals surface area contributed by atoms with Gasteiger partial charge in [0.05, 0.1) is 11.8 Å². The summed E-state index contributed by atoms with van der Waals surface area (Å²) in [6.07, 6.45) is 4.10. The van der Waals surface area contributed by atoms with Crippen molar-refractivity contribution in [3.8, 4) is 5.75 Å². The molecule has 2 N–H and O–H groups in total. The first-order valence-electron chi connectivity index (χ1n) is 7.08. The Morgan fingerprint density at radius 1 is 1.39 bits per heavy atom. The van der Waals surface area contributed by atoms with Crippen molar-refractivity contribution in [3.05, 3.63) is 35.3 Å². The average molecular weight is 335 g/mol. The molecule has 1 aliphatic rings. The fourth-order valence-corrected chi connectivity index (χ4v) is 3.27. The number of phenolic OH excluding ortho intramolecular Hbond substituents is 1. The van der Waals surface area contributed by atoms with Gasteiger partial charge in [-0.1, -0.05) is 11.3 Å². The Balaban J connectivity index is 1.76. The second-order valence-electron chi connectivity index (χ2n) is 5.17. The number of halogens is 1. The van der Waals surface area contributed by atoms with Crippen LogP contribution in [0.1, 0.15) is 33.6 Å². The van der Waals surface area contributed by atoms with Crippen LogP contribution in [-0.4, -0.2) is 35.4 Å². The first kappa shape index (κ1) is 15.4. The van der Waals surface area contributed by atoms with Crippen molar-refractivity contribution in [2.75, 3.05) is 23.3 Å². The molecule has 1 aromatic carbocycles. The summed E-state index contributed by atoms with van der Waals surface area (Å²) in [5.74, 6) is -2.34. The average Bonchev–Trinajstić information content (AvgIpc) is 3.20. The maximum Gasteiger partial charge on any atom is 0.256 e. The van der Waals surface area contributed by atoms with Gasteiger partial charge < -0.3 is 15.3 Å². The van der Waals surface area contributed by atoms with E-state index in [-0.39, 0.29) is 11.1 Å². The Bertz CT molecular complexity index is 756. The van der Waals surface area contributed by atoms with Crippen molar-refractivity contribution in [3.63, 3.8) is 0 Å². The molecule has 120 valence electrons. The minimum absolute atomic E-state index is 0.0430. The normalized spacial score (nSPS) is 14.0. The summed E-state index contributed by atoms with van der Waals surface area (Å²) in [4.78, 5) is 29.4. The van der Waals surface area contributed by atoms with Crippen molar-refractivity contribution >= 4 is 33.7 Å². The fourth-order valence-electron chi connectivity index (χ4n) is 2.40. The van der Waals surface area contributed by atoms with Gasteiger partial charge in [0, 0.05) is 18.7 Å². The highest BCUT2D eigenvalue weighted by molar-refractivity contribution is 7.19. The number of hydrogen-bond acceptors (Lipinski definition) is 6. The number of aromatic hydroxyl groups is 1. The third-order valence-electron chi connectivity index (χ3n) is 3.59. The molecule has 2 heterocycles. The van der Waals surface area contributed by atoms with Crippen LogP contribution in [-0.2, 0) is 0 Å². The number of amides is 1. The van der Waals surface area contributed by atoms with Crippen molar-refractivity contribution in [2.45, 2.75) is 12.8 Å². The number of aromatic nitrogens is 1. The smallest absolute Gasteiger partial charge is 0.256 e. The van der Waals surface area contributed by atoms with E-state index in [1.165, 1.54) is 11.3 Å². The SMILES string of the molecule is O=Cc1cc(C(=O)Nc2cnc(N3CCCC3)s2)cc(F)c1O.